The van der Waals surface area contributed by atoms with Crippen LogP contribution >= 0.6 is 0 Å². The van der Waals surface area contributed by atoms with Crippen molar-refractivity contribution < 1.29 is 9.53 Å². The number of rotatable bonds is 6. The van der Waals surface area contributed by atoms with Gasteiger partial charge in [0.2, 0.25) is 5.91 Å². The monoisotopic (exact) mass is 315 g/mol. The first-order chi connectivity index (χ1) is 11.2. The molecule has 1 aromatic heterocycles. The Labute approximate surface area is 137 Å². The number of fused-ring (bicyclic) bond motifs is 1. The molecule has 0 radical (unpaired) electrons. The molecule has 0 aliphatic carbocycles. The lowest BCUT2D eigenvalue weighted by Crippen LogP contribution is -2.40. The van der Waals surface area contributed by atoms with E-state index in [0.717, 1.165) is 36.3 Å². The molecule has 1 aliphatic heterocycles. The van der Waals surface area contributed by atoms with E-state index in [1.807, 2.05) is 35.0 Å². The number of nitrogens with zero attached hydrogens (tertiary/aromatic N) is 2. The Hall–Kier alpha value is -2.01. The van der Waals surface area contributed by atoms with Gasteiger partial charge in [0.15, 0.2) is 0 Å². The van der Waals surface area contributed by atoms with E-state index < -0.39 is 0 Å². The molecule has 1 aromatic carbocycles. The summed E-state index contributed by atoms with van der Waals surface area (Å²) in [5, 5.41) is 4.18. The molecular weight excluding hydrogens is 290 g/mol. The van der Waals surface area contributed by atoms with Gasteiger partial charge in [-0.25, -0.2) is 0 Å². The molecule has 1 N–H and O–H groups in total. The number of amides is 1. The van der Waals surface area contributed by atoms with E-state index in [2.05, 4.69) is 17.1 Å². The fourth-order valence-electron chi connectivity index (χ4n) is 3.43. The first kappa shape index (κ1) is 15.9. The van der Waals surface area contributed by atoms with Crippen molar-refractivity contribution in [1.29, 1.82) is 0 Å². The zero-order valence-corrected chi connectivity index (χ0v) is 13.9. The minimum Gasteiger partial charge on any atom is -0.497 e. The quantitative estimate of drug-likeness (QED) is 0.889. The molecule has 1 aliphatic rings. The average Bonchev–Trinajstić information content (AvgIpc) is 3.19. The zero-order chi connectivity index (χ0) is 16.2. The second kappa shape index (κ2) is 7.04. The zero-order valence-electron chi connectivity index (χ0n) is 13.9. The lowest BCUT2D eigenvalue weighted by atomic mass is 10.2. The smallest absolute Gasteiger partial charge is 0.239 e. The molecule has 1 amide bonds. The molecule has 5 heteroatoms. The number of benzene rings is 1. The number of carbonyl (C=O) groups is 1. The molecule has 2 heterocycles. The lowest BCUT2D eigenvalue weighted by molar-refractivity contribution is -0.121. The lowest BCUT2D eigenvalue weighted by Gasteiger charge is -2.22. The van der Waals surface area contributed by atoms with Gasteiger partial charge in [0.1, 0.15) is 12.3 Å². The van der Waals surface area contributed by atoms with Gasteiger partial charge in [0, 0.05) is 29.7 Å². The highest BCUT2D eigenvalue weighted by molar-refractivity contribution is 5.84. The molecule has 1 atom stereocenters. The molecule has 23 heavy (non-hydrogen) atoms. The number of hydrogen-bond acceptors (Lipinski definition) is 3. The van der Waals surface area contributed by atoms with Crippen LogP contribution in [0.5, 0.6) is 5.75 Å². The number of aromatic nitrogens is 1. The Balaban J connectivity index is 1.59. The highest BCUT2D eigenvalue weighted by Crippen LogP contribution is 2.21. The van der Waals surface area contributed by atoms with Crippen molar-refractivity contribution in [2.45, 2.75) is 32.4 Å². The molecule has 1 fully saturated rings. The van der Waals surface area contributed by atoms with Crippen LogP contribution in [0.4, 0.5) is 0 Å². The maximum atomic E-state index is 12.3. The summed E-state index contributed by atoms with van der Waals surface area (Å²) in [6.45, 7) is 5.50. The molecule has 0 spiro atoms. The fourth-order valence-corrected chi connectivity index (χ4v) is 3.43. The Morgan fingerprint density at radius 2 is 2.26 bits per heavy atom. The highest BCUT2D eigenvalue weighted by Gasteiger charge is 2.23. The predicted molar refractivity (Wildman–Crippen MR) is 91.8 cm³/mol. The second-order valence-electron chi connectivity index (χ2n) is 6.10. The van der Waals surface area contributed by atoms with Crippen molar-refractivity contribution in [1.82, 2.24) is 14.8 Å². The van der Waals surface area contributed by atoms with E-state index in [9.17, 15) is 4.79 Å². The van der Waals surface area contributed by atoms with E-state index in [-0.39, 0.29) is 5.91 Å². The van der Waals surface area contributed by atoms with Crippen LogP contribution in [0, 0.1) is 0 Å². The summed E-state index contributed by atoms with van der Waals surface area (Å²) < 4.78 is 7.22. The van der Waals surface area contributed by atoms with Gasteiger partial charge in [-0.05, 0) is 50.2 Å². The summed E-state index contributed by atoms with van der Waals surface area (Å²) in [4.78, 5) is 14.7. The van der Waals surface area contributed by atoms with E-state index in [1.165, 1.54) is 12.8 Å². The van der Waals surface area contributed by atoms with E-state index in [1.54, 1.807) is 7.11 Å². The number of carbonyl (C=O) groups excluding carboxylic acids is 1. The van der Waals surface area contributed by atoms with Crippen molar-refractivity contribution in [3.8, 4) is 5.75 Å². The van der Waals surface area contributed by atoms with Crippen molar-refractivity contribution in [3.63, 3.8) is 0 Å². The van der Waals surface area contributed by atoms with Crippen LogP contribution in [0.3, 0.4) is 0 Å². The Morgan fingerprint density at radius 1 is 1.39 bits per heavy atom. The van der Waals surface area contributed by atoms with Gasteiger partial charge in [0.25, 0.3) is 0 Å². The number of hydrogen-bond donors (Lipinski definition) is 1. The molecule has 0 bridgehead atoms. The normalized spacial score (nSPS) is 18.4. The fraction of sp³-hybridized carbons (Fsp3) is 0.500. The van der Waals surface area contributed by atoms with E-state index >= 15 is 0 Å². The maximum absolute atomic E-state index is 12.3. The van der Waals surface area contributed by atoms with Crippen LogP contribution < -0.4 is 10.1 Å². The van der Waals surface area contributed by atoms with Gasteiger partial charge in [-0.2, -0.15) is 0 Å². The summed E-state index contributed by atoms with van der Waals surface area (Å²) >= 11 is 0. The third-order valence-electron chi connectivity index (χ3n) is 4.73. The van der Waals surface area contributed by atoms with Crippen molar-refractivity contribution in [2.75, 3.05) is 26.7 Å². The molecule has 3 rings (SSSR count). The van der Waals surface area contributed by atoms with Crippen molar-refractivity contribution in [2.24, 2.45) is 0 Å². The number of likely N-dealkylation sites (N-methyl/N-ethyl adjacent to an activating group) is 1. The first-order valence-electron chi connectivity index (χ1n) is 8.35. The Bertz CT molecular complexity index is 680. The topological polar surface area (TPSA) is 46.5 Å². The number of methoxy groups -OCH3 is 1. The predicted octanol–water partition coefficient (Wildman–Crippen LogP) is 2.25. The summed E-state index contributed by atoms with van der Waals surface area (Å²) in [6, 6.07) is 8.42. The molecule has 1 saturated heterocycles. The molecule has 0 saturated carbocycles. The molecular formula is C18H25N3O2. The van der Waals surface area contributed by atoms with Crippen LogP contribution in [0.1, 0.15) is 19.8 Å². The van der Waals surface area contributed by atoms with Gasteiger partial charge in [-0.3, -0.25) is 9.69 Å². The summed E-state index contributed by atoms with van der Waals surface area (Å²) in [5.74, 6) is 0.905. The SMILES string of the molecule is CCN1CCC[C@H]1CNC(=O)Cn1ccc2cc(OC)ccc21. The Morgan fingerprint density at radius 3 is 3.04 bits per heavy atom. The van der Waals surface area contributed by atoms with E-state index in [4.69, 9.17) is 4.74 Å². The summed E-state index contributed by atoms with van der Waals surface area (Å²) in [5.41, 5.74) is 1.05. The third kappa shape index (κ3) is 3.50. The minimum atomic E-state index is 0.0706. The second-order valence-corrected chi connectivity index (χ2v) is 6.10. The minimum absolute atomic E-state index is 0.0706. The third-order valence-corrected chi connectivity index (χ3v) is 4.73. The largest absolute Gasteiger partial charge is 0.497 e. The highest BCUT2D eigenvalue weighted by atomic mass is 16.5. The van der Waals surface area contributed by atoms with Gasteiger partial charge >= 0.3 is 0 Å². The number of nitrogens with one attached hydrogen (secondary N) is 1. The number of ether oxygens (including phenoxy) is 1. The maximum Gasteiger partial charge on any atom is 0.239 e. The molecule has 5 nitrogen and oxygen atoms in total. The average molecular weight is 315 g/mol. The first-order valence-corrected chi connectivity index (χ1v) is 8.35. The van der Waals surface area contributed by atoms with Gasteiger partial charge in [-0.1, -0.05) is 6.92 Å². The van der Waals surface area contributed by atoms with Crippen LogP contribution in [-0.2, 0) is 11.3 Å². The standard InChI is InChI=1S/C18H25N3O2/c1-3-20-9-4-5-15(20)12-19-18(22)13-21-10-8-14-11-16(23-2)6-7-17(14)21/h6-8,10-11,15H,3-5,9,12-13H2,1-2H3,(H,19,22)/t15-/m0/s1. The van der Waals surface area contributed by atoms with Crippen LogP contribution in [0.25, 0.3) is 10.9 Å². The van der Waals surface area contributed by atoms with Crippen molar-refractivity contribution >= 4 is 16.8 Å². The van der Waals surface area contributed by atoms with Crippen LogP contribution in [0.2, 0.25) is 0 Å². The molecule has 0 unspecified atom stereocenters. The number of likely N-dealkylation sites (tertiary alicyclic amines) is 1. The molecule has 2 aromatic rings. The van der Waals surface area contributed by atoms with Gasteiger partial charge in [-0.15, -0.1) is 0 Å². The van der Waals surface area contributed by atoms with Crippen LogP contribution in [0.15, 0.2) is 30.5 Å². The van der Waals surface area contributed by atoms with Gasteiger partial charge < -0.3 is 14.6 Å². The molecule has 124 valence electrons. The Kier molecular flexibility index (Phi) is 4.86. The van der Waals surface area contributed by atoms with Gasteiger partial charge in [0.05, 0.1) is 7.11 Å². The summed E-state index contributed by atoms with van der Waals surface area (Å²) in [6.07, 6.45) is 4.37. The van der Waals surface area contributed by atoms with Crippen molar-refractivity contribution in [3.05, 3.63) is 30.5 Å². The van der Waals surface area contributed by atoms with E-state index in [0.29, 0.717) is 12.6 Å². The summed E-state index contributed by atoms with van der Waals surface area (Å²) in [7, 11) is 1.66. The van der Waals surface area contributed by atoms with Crippen LogP contribution in [-0.4, -0.2) is 48.2 Å².